The summed E-state index contributed by atoms with van der Waals surface area (Å²) in [6.45, 7) is 4.12. The standard InChI is InChI=1S/C12H20O3/c1-3-6-10(12(14)15-4-2)11(13)9-7-5-8-9/h9-10H,3-8H2,1-2H3. The Bertz CT molecular complexity index is 231. The second kappa shape index (κ2) is 5.89. The summed E-state index contributed by atoms with van der Waals surface area (Å²) in [5.41, 5.74) is 0. The predicted octanol–water partition coefficient (Wildman–Crippen LogP) is 2.33. The van der Waals surface area contributed by atoms with Gasteiger partial charge in [0, 0.05) is 5.92 Å². The maximum Gasteiger partial charge on any atom is 0.316 e. The van der Waals surface area contributed by atoms with Crippen molar-refractivity contribution in [3.8, 4) is 0 Å². The van der Waals surface area contributed by atoms with Crippen LogP contribution in [0.25, 0.3) is 0 Å². The molecule has 15 heavy (non-hydrogen) atoms. The maximum atomic E-state index is 11.9. The Hall–Kier alpha value is -0.860. The van der Waals surface area contributed by atoms with Gasteiger partial charge in [0.1, 0.15) is 11.7 Å². The van der Waals surface area contributed by atoms with Crippen LogP contribution in [-0.2, 0) is 14.3 Å². The van der Waals surface area contributed by atoms with Gasteiger partial charge in [-0.25, -0.2) is 0 Å². The highest BCUT2D eigenvalue weighted by Gasteiger charge is 2.35. The lowest BCUT2D eigenvalue weighted by Gasteiger charge is -2.27. The van der Waals surface area contributed by atoms with Gasteiger partial charge in [-0.2, -0.15) is 0 Å². The van der Waals surface area contributed by atoms with E-state index in [-0.39, 0.29) is 17.7 Å². The smallest absolute Gasteiger partial charge is 0.316 e. The van der Waals surface area contributed by atoms with E-state index in [0.717, 1.165) is 25.7 Å². The second-order valence-electron chi connectivity index (χ2n) is 4.12. The monoisotopic (exact) mass is 212 g/mol. The third-order valence-electron chi connectivity index (χ3n) is 3.00. The summed E-state index contributed by atoms with van der Waals surface area (Å²) in [7, 11) is 0. The van der Waals surface area contributed by atoms with Crippen LogP contribution in [0.1, 0.15) is 46.0 Å². The first-order valence-corrected chi connectivity index (χ1v) is 5.91. The van der Waals surface area contributed by atoms with Crippen LogP contribution in [0, 0.1) is 11.8 Å². The van der Waals surface area contributed by atoms with E-state index in [1.54, 1.807) is 6.92 Å². The molecular weight excluding hydrogens is 192 g/mol. The molecule has 0 amide bonds. The predicted molar refractivity (Wildman–Crippen MR) is 57.4 cm³/mol. The van der Waals surface area contributed by atoms with Gasteiger partial charge in [0.25, 0.3) is 0 Å². The van der Waals surface area contributed by atoms with E-state index >= 15 is 0 Å². The SMILES string of the molecule is CCCC(C(=O)OCC)C(=O)C1CCC1. The highest BCUT2D eigenvalue weighted by Crippen LogP contribution is 2.31. The van der Waals surface area contributed by atoms with Crippen molar-refractivity contribution in [2.45, 2.75) is 46.0 Å². The molecule has 0 heterocycles. The van der Waals surface area contributed by atoms with Crippen molar-refractivity contribution in [3.05, 3.63) is 0 Å². The number of ketones is 1. The van der Waals surface area contributed by atoms with Crippen LogP contribution >= 0.6 is 0 Å². The number of Topliss-reactive ketones (excluding diaryl/α,β-unsaturated/α-hetero) is 1. The van der Waals surface area contributed by atoms with Gasteiger partial charge < -0.3 is 4.74 Å². The quantitative estimate of drug-likeness (QED) is 0.501. The molecule has 0 aromatic heterocycles. The van der Waals surface area contributed by atoms with Crippen molar-refractivity contribution in [2.24, 2.45) is 11.8 Å². The molecule has 3 nitrogen and oxygen atoms in total. The number of esters is 1. The third kappa shape index (κ3) is 3.05. The lowest BCUT2D eigenvalue weighted by atomic mass is 9.77. The Morgan fingerprint density at radius 2 is 2.00 bits per heavy atom. The molecule has 1 saturated carbocycles. The molecule has 0 radical (unpaired) electrons. The van der Waals surface area contributed by atoms with Gasteiger partial charge >= 0.3 is 5.97 Å². The highest BCUT2D eigenvalue weighted by atomic mass is 16.5. The van der Waals surface area contributed by atoms with E-state index in [2.05, 4.69) is 0 Å². The van der Waals surface area contributed by atoms with E-state index in [0.29, 0.717) is 13.0 Å². The molecule has 0 bridgehead atoms. The zero-order valence-corrected chi connectivity index (χ0v) is 9.62. The number of ether oxygens (including phenoxy) is 1. The first-order chi connectivity index (χ1) is 7.20. The van der Waals surface area contributed by atoms with Gasteiger partial charge in [-0.05, 0) is 26.2 Å². The number of carbonyl (C=O) groups excluding carboxylic acids is 2. The Labute approximate surface area is 91.2 Å². The second-order valence-corrected chi connectivity index (χ2v) is 4.12. The van der Waals surface area contributed by atoms with Gasteiger partial charge in [-0.3, -0.25) is 9.59 Å². The van der Waals surface area contributed by atoms with Crippen LogP contribution in [0.2, 0.25) is 0 Å². The molecule has 1 fully saturated rings. The first-order valence-electron chi connectivity index (χ1n) is 5.91. The average molecular weight is 212 g/mol. The summed E-state index contributed by atoms with van der Waals surface area (Å²) >= 11 is 0. The molecule has 86 valence electrons. The summed E-state index contributed by atoms with van der Waals surface area (Å²) in [4.78, 5) is 23.5. The molecule has 1 unspecified atom stereocenters. The highest BCUT2D eigenvalue weighted by molar-refractivity contribution is 6.00. The van der Waals surface area contributed by atoms with Crippen LogP contribution in [0.3, 0.4) is 0 Å². The lowest BCUT2D eigenvalue weighted by Crippen LogP contribution is -2.34. The van der Waals surface area contributed by atoms with E-state index < -0.39 is 5.92 Å². The van der Waals surface area contributed by atoms with E-state index in [1.807, 2.05) is 6.92 Å². The Morgan fingerprint density at radius 3 is 2.40 bits per heavy atom. The van der Waals surface area contributed by atoms with Crippen molar-refractivity contribution in [2.75, 3.05) is 6.61 Å². The number of hydrogen-bond acceptors (Lipinski definition) is 3. The summed E-state index contributed by atoms with van der Waals surface area (Å²) in [6.07, 6.45) is 4.52. The molecule has 1 atom stereocenters. The Balaban J connectivity index is 2.54. The summed E-state index contributed by atoms with van der Waals surface area (Å²) < 4.78 is 4.94. The molecular formula is C12H20O3. The summed E-state index contributed by atoms with van der Waals surface area (Å²) in [5, 5.41) is 0. The fraction of sp³-hybridized carbons (Fsp3) is 0.833. The molecule has 0 aromatic rings. The Kier molecular flexibility index (Phi) is 4.79. The molecule has 1 aliphatic carbocycles. The zero-order valence-electron chi connectivity index (χ0n) is 9.62. The Morgan fingerprint density at radius 1 is 1.33 bits per heavy atom. The first kappa shape index (κ1) is 12.2. The maximum absolute atomic E-state index is 11.9. The molecule has 0 N–H and O–H groups in total. The summed E-state index contributed by atoms with van der Waals surface area (Å²) in [6, 6.07) is 0. The molecule has 1 rings (SSSR count). The number of hydrogen-bond donors (Lipinski definition) is 0. The van der Waals surface area contributed by atoms with Crippen LogP contribution in [0.15, 0.2) is 0 Å². The average Bonchev–Trinajstić information content (AvgIpc) is 2.11. The number of carbonyl (C=O) groups is 2. The van der Waals surface area contributed by atoms with E-state index in [9.17, 15) is 9.59 Å². The van der Waals surface area contributed by atoms with Crippen LogP contribution in [-0.4, -0.2) is 18.4 Å². The van der Waals surface area contributed by atoms with Gasteiger partial charge in [0.05, 0.1) is 6.61 Å². The summed E-state index contributed by atoms with van der Waals surface area (Å²) in [5.74, 6) is -0.580. The molecule has 1 aliphatic rings. The van der Waals surface area contributed by atoms with Crippen molar-refractivity contribution < 1.29 is 14.3 Å². The van der Waals surface area contributed by atoms with Gasteiger partial charge in [0.15, 0.2) is 0 Å². The molecule has 0 spiro atoms. The van der Waals surface area contributed by atoms with Gasteiger partial charge in [0.2, 0.25) is 0 Å². The third-order valence-corrected chi connectivity index (χ3v) is 3.00. The fourth-order valence-corrected chi connectivity index (χ4v) is 1.89. The van der Waals surface area contributed by atoms with Gasteiger partial charge in [-0.1, -0.05) is 19.8 Å². The molecule has 3 heteroatoms. The lowest BCUT2D eigenvalue weighted by molar-refractivity contribution is -0.153. The molecule has 0 aliphatic heterocycles. The normalized spacial score (nSPS) is 18.0. The minimum Gasteiger partial charge on any atom is -0.465 e. The topological polar surface area (TPSA) is 43.4 Å². The minimum atomic E-state index is -0.500. The number of rotatable bonds is 6. The van der Waals surface area contributed by atoms with Crippen molar-refractivity contribution in [1.29, 1.82) is 0 Å². The van der Waals surface area contributed by atoms with Crippen LogP contribution in [0.5, 0.6) is 0 Å². The zero-order chi connectivity index (χ0) is 11.3. The van der Waals surface area contributed by atoms with Crippen LogP contribution in [0.4, 0.5) is 0 Å². The fourth-order valence-electron chi connectivity index (χ4n) is 1.89. The molecule has 0 aromatic carbocycles. The van der Waals surface area contributed by atoms with Crippen molar-refractivity contribution in [1.82, 2.24) is 0 Å². The van der Waals surface area contributed by atoms with Crippen molar-refractivity contribution >= 4 is 11.8 Å². The van der Waals surface area contributed by atoms with Crippen molar-refractivity contribution in [3.63, 3.8) is 0 Å². The van der Waals surface area contributed by atoms with E-state index in [4.69, 9.17) is 4.74 Å². The van der Waals surface area contributed by atoms with Gasteiger partial charge in [-0.15, -0.1) is 0 Å². The van der Waals surface area contributed by atoms with Crippen LogP contribution < -0.4 is 0 Å². The molecule has 0 saturated heterocycles. The van der Waals surface area contributed by atoms with E-state index in [1.165, 1.54) is 0 Å². The largest absolute Gasteiger partial charge is 0.465 e. The minimum absolute atomic E-state index is 0.113.